The lowest BCUT2D eigenvalue weighted by Gasteiger charge is -2.34. The number of rotatable bonds is 11. The molecule has 0 saturated carbocycles. The molecule has 0 bridgehead atoms. The van der Waals surface area contributed by atoms with Crippen molar-refractivity contribution in [1.82, 2.24) is 30.4 Å². The van der Waals surface area contributed by atoms with Gasteiger partial charge in [-0.2, -0.15) is 0 Å². The van der Waals surface area contributed by atoms with Crippen molar-refractivity contribution < 1.29 is 4.79 Å². The third-order valence-corrected chi connectivity index (χ3v) is 5.61. The third-order valence-electron chi connectivity index (χ3n) is 5.61. The summed E-state index contributed by atoms with van der Waals surface area (Å²) >= 11 is 0. The number of piperazine rings is 1. The Morgan fingerprint density at radius 2 is 1.75 bits per heavy atom. The molecule has 1 saturated heterocycles. The Kier molecular flexibility index (Phi) is 11.2. The minimum Gasteiger partial charge on any atom is -0.357 e. The Morgan fingerprint density at radius 1 is 1.09 bits per heavy atom. The first kappa shape index (κ1) is 25.8. The van der Waals surface area contributed by atoms with Gasteiger partial charge >= 0.3 is 0 Å². The summed E-state index contributed by atoms with van der Waals surface area (Å²) < 4.78 is 0. The van der Waals surface area contributed by atoms with E-state index >= 15 is 0 Å². The average Bonchev–Trinajstić information content (AvgIpc) is 2.79. The van der Waals surface area contributed by atoms with Gasteiger partial charge in [0.05, 0.1) is 0 Å². The lowest BCUT2D eigenvalue weighted by molar-refractivity contribution is -0.131. The topological polar surface area (TPSA) is 89.0 Å². The van der Waals surface area contributed by atoms with Gasteiger partial charge in [-0.1, -0.05) is 0 Å². The number of hydrogen-bond acceptors (Lipinski definition) is 6. The zero-order valence-electron chi connectivity index (χ0n) is 20.5. The number of aliphatic imine (C=N–C) groups is 1. The number of hydrogen-bond donors (Lipinski definition) is 2. The fourth-order valence-electron chi connectivity index (χ4n) is 3.95. The van der Waals surface area contributed by atoms with Crippen LogP contribution in [0.15, 0.2) is 23.5 Å². The molecule has 1 aromatic heterocycles. The molecule has 1 aromatic rings. The Morgan fingerprint density at radius 3 is 2.34 bits per heavy atom. The number of amides is 1. The molecule has 0 unspecified atom stereocenters. The summed E-state index contributed by atoms with van der Waals surface area (Å²) in [7, 11) is 0. The van der Waals surface area contributed by atoms with E-state index in [4.69, 9.17) is 0 Å². The molecule has 0 spiro atoms. The van der Waals surface area contributed by atoms with E-state index in [1.165, 1.54) is 0 Å². The Hall–Kier alpha value is -2.42. The Bertz CT molecular complexity index is 678. The molecule has 1 fully saturated rings. The number of aromatic nitrogens is 2. The zero-order chi connectivity index (χ0) is 23.3. The number of nitrogens with zero attached hydrogens (tertiary/aromatic N) is 6. The molecule has 1 aliphatic heterocycles. The summed E-state index contributed by atoms with van der Waals surface area (Å²) in [6.07, 6.45) is 4.97. The predicted octanol–water partition coefficient (Wildman–Crippen LogP) is 1.58. The van der Waals surface area contributed by atoms with Crippen LogP contribution in [0.3, 0.4) is 0 Å². The predicted molar refractivity (Wildman–Crippen MR) is 131 cm³/mol. The summed E-state index contributed by atoms with van der Waals surface area (Å²) in [6.45, 7) is 17.1. The highest BCUT2D eigenvalue weighted by Gasteiger charge is 2.22. The maximum absolute atomic E-state index is 12.6. The van der Waals surface area contributed by atoms with Gasteiger partial charge < -0.3 is 20.4 Å². The van der Waals surface area contributed by atoms with Crippen molar-refractivity contribution in [2.45, 2.75) is 59.5 Å². The average molecular weight is 447 g/mol. The summed E-state index contributed by atoms with van der Waals surface area (Å²) in [5.74, 6) is 1.69. The second kappa shape index (κ2) is 13.9. The zero-order valence-corrected chi connectivity index (χ0v) is 20.5. The van der Waals surface area contributed by atoms with E-state index in [0.29, 0.717) is 38.1 Å². The Labute approximate surface area is 193 Å². The number of nitrogens with one attached hydrogen (secondary N) is 2. The third kappa shape index (κ3) is 8.61. The minimum absolute atomic E-state index is 0.173. The number of carbonyl (C=O) groups excluding carboxylic acids is 1. The molecule has 0 atom stereocenters. The smallest absolute Gasteiger partial charge is 0.225 e. The number of anilines is 1. The molecule has 1 aliphatic rings. The maximum atomic E-state index is 12.6. The minimum atomic E-state index is 0.173. The van der Waals surface area contributed by atoms with Crippen molar-refractivity contribution in [3.05, 3.63) is 18.5 Å². The van der Waals surface area contributed by atoms with E-state index < -0.39 is 0 Å². The summed E-state index contributed by atoms with van der Waals surface area (Å²) in [5, 5.41) is 6.58. The van der Waals surface area contributed by atoms with Crippen LogP contribution < -0.4 is 15.5 Å². The fraction of sp³-hybridized carbons (Fsp3) is 0.739. The molecule has 0 radical (unpaired) electrons. The van der Waals surface area contributed by atoms with Gasteiger partial charge in [0.2, 0.25) is 11.9 Å². The normalized spacial score (nSPS) is 15.1. The molecular weight excluding hydrogens is 404 g/mol. The molecule has 1 amide bonds. The molecule has 9 nitrogen and oxygen atoms in total. The van der Waals surface area contributed by atoms with Gasteiger partial charge in [0.15, 0.2) is 5.96 Å². The van der Waals surface area contributed by atoms with Gasteiger partial charge in [-0.05, 0) is 47.1 Å². The van der Waals surface area contributed by atoms with Gasteiger partial charge in [-0.3, -0.25) is 14.7 Å². The quantitative estimate of drug-likeness (QED) is 0.303. The van der Waals surface area contributed by atoms with Gasteiger partial charge in [0, 0.05) is 83.3 Å². The molecule has 2 N–H and O–H groups in total. The molecule has 2 rings (SSSR count). The van der Waals surface area contributed by atoms with Crippen molar-refractivity contribution in [3.8, 4) is 0 Å². The molecule has 0 aliphatic carbocycles. The van der Waals surface area contributed by atoms with Crippen molar-refractivity contribution >= 4 is 17.8 Å². The van der Waals surface area contributed by atoms with Gasteiger partial charge in [0.25, 0.3) is 0 Å². The molecule has 2 heterocycles. The van der Waals surface area contributed by atoms with E-state index in [2.05, 4.69) is 70.0 Å². The van der Waals surface area contributed by atoms with Crippen LogP contribution in [0.2, 0.25) is 0 Å². The standard InChI is InChI=1S/C23H42N8O/c1-6-24-22(25-12-8-14-31(19(2)3)20(4)5)26-13-9-21(32)29-15-17-30(18-16-29)23-27-10-7-11-28-23/h7,10-11,19-20H,6,8-9,12-18H2,1-5H3,(H2,24,25,26). The second-order valence-corrected chi connectivity index (χ2v) is 8.63. The molecular formula is C23H42N8O. The summed E-state index contributed by atoms with van der Waals surface area (Å²) in [5.41, 5.74) is 0. The highest BCUT2D eigenvalue weighted by molar-refractivity contribution is 5.81. The SMILES string of the molecule is CCNC(=NCCCN(C(C)C)C(C)C)NCCC(=O)N1CCN(c2ncccn2)CC1. The van der Waals surface area contributed by atoms with Crippen molar-refractivity contribution in [2.24, 2.45) is 4.99 Å². The first-order valence-electron chi connectivity index (χ1n) is 12.0. The fourth-order valence-corrected chi connectivity index (χ4v) is 3.95. The largest absolute Gasteiger partial charge is 0.357 e. The Balaban J connectivity index is 1.70. The van der Waals surface area contributed by atoms with Gasteiger partial charge in [0.1, 0.15) is 0 Å². The maximum Gasteiger partial charge on any atom is 0.225 e. The van der Waals surface area contributed by atoms with Crippen LogP contribution in [0.1, 0.15) is 47.5 Å². The van der Waals surface area contributed by atoms with Crippen LogP contribution in [0.5, 0.6) is 0 Å². The lowest BCUT2D eigenvalue weighted by atomic mass is 10.2. The van der Waals surface area contributed by atoms with Crippen LogP contribution in [0, 0.1) is 0 Å². The highest BCUT2D eigenvalue weighted by Crippen LogP contribution is 2.10. The second-order valence-electron chi connectivity index (χ2n) is 8.63. The molecule has 0 aromatic carbocycles. The van der Waals surface area contributed by atoms with E-state index in [9.17, 15) is 4.79 Å². The van der Waals surface area contributed by atoms with E-state index in [-0.39, 0.29) is 5.91 Å². The first-order chi connectivity index (χ1) is 15.4. The van der Waals surface area contributed by atoms with Crippen LogP contribution in [-0.2, 0) is 4.79 Å². The van der Waals surface area contributed by atoms with Crippen LogP contribution in [0.4, 0.5) is 5.95 Å². The summed E-state index contributed by atoms with van der Waals surface area (Å²) in [6, 6.07) is 2.89. The molecule has 180 valence electrons. The van der Waals surface area contributed by atoms with Crippen LogP contribution >= 0.6 is 0 Å². The van der Waals surface area contributed by atoms with Crippen molar-refractivity contribution in [3.63, 3.8) is 0 Å². The van der Waals surface area contributed by atoms with Crippen molar-refractivity contribution in [1.29, 1.82) is 0 Å². The van der Waals surface area contributed by atoms with E-state index in [0.717, 1.165) is 51.1 Å². The first-order valence-corrected chi connectivity index (χ1v) is 12.0. The van der Waals surface area contributed by atoms with Crippen molar-refractivity contribution in [2.75, 3.05) is 57.3 Å². The van der Waals surface area contributed by atoms with Gasteiger partial charge in [-0.15, -0.1) is 0 Å². The molecule has 9 heteroatoms. The monoisotopic (exact) mass is 446 g/mol. The summed E-state index contributed by atoms with van der Waals surface area (Å²) in [4.78, 5) is 32.4. The van der Waals surface area contributed by atoms with Crippen LogP contribution in [-0.4, -0.2) is 96.1 Å². The van der Waals surface area contributed by atoms with E-state index in [1.807, 2.05) is 11.0 Å². The number of guanidine groups is 1. The number of carbonyl (C=O) groups is 1. The molecule has 32 heavy (non-hydrogen) atoms. The lowest BCUT2D eigenvalue weighted by Crippen LogP contribution is -2.50. The van der Waals surface area contributed by atoms with Crippen LogP contribution in [0.25, 0.3) is 0 Å². The van der Waals surface area contributed by atoms with E-state index in [1.54, 1.807) is 12.4 Å². The van der Waals surface area contributed by atoms with Gasteiger partial charge in [-0.25, -0.2) is 9.97 Å². The highest BCUT2D eigenvalue weighted by atomic mass is 16.2.